The van der Waals surface area contributed by atoms with E-state index in [1.807, 2.05) is 39.8 Å². The molecule has 0 radical (unpaired) electrons. The average Bonchev–Trinajstić information content (AvgIpc) is 3.28. The van der Waals surface area contributed by atoms with Gasteiger partial charge >= 0.3 is 0 Å². The number of rotatable bonds is 10. The van der Waals surface area contributed by atoms with Crippen molar-refractivity contribution in [3.63, 3.8) is 0 Å². The summed E-state index contributed by atoms with van der Waals surface area (Å²) in [7, 11) is -7.75. The van der Waals surface area contributed by atoms with Gasteiger partial charge in [0.2, 0.25) is 20.0 Å². The van der Waals surface area contributed by atoms with Crippen LogP contribution in [0.1, 0.15) is 27.7 Å². The van der Waals surface area contributed by atoms with E-state index in [0.717, 1.165) is 11.1 Å². The van der Waals surface area contributed by atoms with Gasteiger partial charge in [0.25, 0.3) is 0 Å². The molecule has 3 rings (SSSR count). The second kappa shape index (κ2) is 13.0. The first-order valence-electron chi connectivity index (χ1n) is 11.7. The first-order valence-corrected chi connectivity index (χ1v) is 14.5. The zero-order valence-corrected chi connectivity index (χ0v) is 23.6. The number of nitrogens with one attached hydrogen (secondary N) is 1. The molecule has 0 saturated carbocycles. The van der Waals surface area contributed by atoms with Gasteiger partial charge in [-0.1, -0.05) is 59.7 Å². The first kappa shape index (κ1) is 30.2. The van der Waals surface area contributed by atoms with Crippen LogP contribution in [0.25, 0.3) is 0 Å². The summed E-state index contributed by atoms with van der Waals surface area (Å²) in [6.07, 6.45) is 3.73. The molecule has 2 aromatic carbocycles. The maximum absolute atomic E-state index is 13.8. The molecular weight excluding hydrogens is 518 g/mol. The molecule has 1 aliphatic rings. The summed E-state index contributed by atoms with van der Waals surface area (Å²) in [4.78, 5) is 0.379. The maximum Gasteiger partial charge on any atom is 0.243 e. The Balaban J connectivity index is 0.00000456. The number of hydrogen-bond acceptors (Lipinski definition) is 5. The quantitative estimate of drug-likeness (QED) is 0.448. The van der Waals surface area contributed by atoms with Crippen LogP contribution < -0.4 is 5.32 Å². The number of benzene rings is 2. The largest absolute Gasteiger partial charge is 0.313 e. The Hall–Kier alpha value is -2.01. The molecule has 0 aliphatic carbocycles. The fourth-order valence-electron chi connectivity index (χ4n) is 4.06. The van der Waals surface area contributed by atoms with E-state index in [2.05, 4.69) is 5.32 Å². The summed E-state index contributed by atoms with van der Waals surface area (Å²) in [5.41, 5.74) is 1.97. The van der Waals surface area contributed by atoms with Crippen molar-refractivity contribution in [2.45, 2.75) is 49.6 Å². The van der Waals surface area contributed by atoms with Crippen LogP contribution in [0.15, 0.2) is 93.8 Å². The van der Waals surface area contributed by atoms with Crippen molar-refractivity contribution in [3.05, 3.63) is 84.0 Å². The molecule has 2 atom stereocenters. The lowest BCUT2D eigenvalue weighted by Crippen LogP contribution is -2.54. The fraction of sp³-hybridized carbons (Fsp3) is 0.385. The summed E-state index contributed by atoms with van der Waals surface area (Å²) >= 11 is 0. The number of nitrogens with zero attached hydrogens (tertiary/aromatic N) is 2. The highest BCUT2D eigenvalue weighted by Crippen LogP contribution is 2.28. The first-order chi connectivity index (χ1) is 16.5. The second-order valence-electron chi connectivity index (χ2n) is 9.13. The van der Waals surface area contributed by atoms with Crippen molar-refractivity contribution in [1.29, 1.82) is 0 Å². The van der Waals surface area contributed by atoms with Crippen LogP contribution in [0.4, 0.5) is 0 Å². The molecule has 1 N–H and O–H groups in total. The third-order valence-corrected chi connectivity index (χ3v) is 9.76. The van der Waals surface area contributed by atoms with Gasteiger partial charge in [-0.05, 0) is 52.0 Å². The van der Waals surface area contributed by atoms with Crippen molar-refractivity contribution in [1.82, 2.24) is 13.9 Å². The third-order valence-electron chi connectivity index (χ3n) is 5.95. The Bertz CT molecular complexity index is 1160. The van der Waals surface area contributed by atoms with E-state index in [4.69, 9.17) is 0 Å². The lowest BCUT2D eigenvalue weighted by atomic mass is 10.1. The van der Waals surface area contributed by atoms with Crippen molar-refractivity contribution < 1.29 is 16.8 Å². The van der Waals surface area contributed by atoms with Crippen LogP contribution in [-0.4, -0.2) is 63.7 Å². The fourth-order valence-corrected chi connectivity index (χ4v) is 7.29. The van der Waals surface area contributed by atoms with Crippen molar-refractivity contribution in [2.24, 2.45) is 0 Å². The van der Waals surface area contributed by atoms with Gasteiger partial charge in [-0.3, -0.25) is 0 Å². The van der Waals surface area contributed by atoms with Crippen molar-refractivity contribution in [3.8, 4) is 0 Å². The Morgan fingerprint density at radius 3 is 1.36 bits per heavy atom. The number of allylic oxidation sites excluding steroid dienone is 2. The highest BCUT2D eigenvalue weighted by molar-refractivity contribution is 7.89. The van der Waals surface area contributed by atoms with Gasteiger partial charge in [-0.25, -0.2) is 16.8 Å². The van der Waals surface area contributed by atoms with E-state index in [0.29, 0.717) is 13.1 Å². The molecule has 0 spiro atoms. The van der Waals surface area contributed by atoms with Gasteiger partial charge in [-0.2, -0.15) is 8.61 Å². The molecule has 2 aromatic rings. The Morgan fingerprint density at radius 1 is 0.722 bits per heavy atom. The maximum atomic E-state index is 13.8. The normalized spacial score (nSPS) is 18.1. The average molecular weight is 554 g/mol. The molecule has 1 heterocycles. The van der Waals surface area contributed by atoms with Crippen molar-refractivity contribution >= 4 is 32.5 Å². The van der Waals surface area contributed by atoms with E-state index in [1.165, 1.54) is 8.61 Å². The predicted octanol–water partition coefficient (Wildman–Crippen LogP) is 4.06. The topological polar surface area (TPSA) is 86.8 Å². The molecule has 0 unspecified atom stereocenters. The minimum absolute atomic E-state index is 0. The van der Waals surface area contributed by atoms with Crippen LogP contribution in [0.5, 0.6) is 0 Å². The van der Waals surface area contributed by atoms with Crippen LogP contribution in [-0.2, 0) is 20.0 Å². The Kier molecular flexibility index (Phi) is 10.9. The molecule has 0 aromatic heterocycles. The number of sulfonamides is 2. The van der Waals surface area contributed by atoms with E-state index < -0.39 is 32.1 Å². The molecule has 1 saturated heterocycles. The van der Waals surface area contributed by atoms with Crippen LogP contribution >= 0.6 is 12.4 Å². The molecule has 1 aliphatic heterocycles. The Labute approximate surface area is 222 Å². The summed E-state index contributed by atoms with van der Waals surface area (Å²) in [6.45, 7) is 8.68. The molecule has 7 nitrogen and oxygen atoms in total. The molecule has 0 amide bonds. The smallest absolute Gasteiger partial charge is 0.243 e. The summed E-state index contributed by atoms with van der Waals surface area (Å²) in [5, 5.41) is 3.25. The Morgan fingerprint density at radius 2 is 1.06 bits per heavy atom. The van der Waals surface area contributed by atoms with Gasteiger partial charge in [0, 0.05) is 26.2 Å². The van der Waals surface area contributed by atoms with Gasteiger partial charge in [-0.15, -0.1) is 12.4 Å². The molecule has 1 fully saturated rings. The third kappa shape index (κ3) is 7.06. The highest BCUT2D eigenvalue weighted by Gasteiger charge is 2.44. The van der Waals surface area contributed by atoms with E-state index in [-0.39, 0.29) is 35.3 Å². The van der Waals surface area contributed by atoms with Crippen LogP contribution in [0.3, 0.4) is 0 Å². The number of halogens is 1. The minimum Gasteiger partial charge on any atom is -0.313 e. The van der Waals surface area contributed by atoms with E-state index in [1.54, 1.807) is 60.7 Å². The van der Waals surface area contributed by atoms with E-state index >= 15 is 0 Å². The predicted molar refractivity (Wildman–Crippen MR) is 147 cm³/mol. The second-order valence-corrected chi connectivity index (χ2v) is 12.9. The number of hydrogen-bond donors (Lipinski definition) is 1. The zero-order chi connectivity index (χ0) is 25.6. The molecule has 198 valence electrons. The molecule has 0 bridgehead atoms. The summed E-state index contributed by atoms with van der Waals surface area (Å²) < 4.78 is 58.0. The van der Waals surface area contributed by atoms with Crippen LogP contribution in [0, 0.1) is 0 Å². The van der Waals surface area contributed by atoms with Gasteiger partial charge in [0.05, 0.1) is 21.9 Å². The van der Waals surface area contributed by atoms with Crippen molar-refractivity contribution in [2.75, 3.05) is 26.2 Å². The van der Waals surface area contributed by atoms with Gasteiger partial charge in [0.1, 0.15) is 0 Å². The molecular formula is C26H36ClN3O4S2. The lowest BCUT2D eigenvalue weighted by Gasteiger charge is -2.36. The summed E-state index contributed by atoms with van der Waals surface area (Å²) in [5.74, 6) is 0. The monoisotopic (exact) mass is 553 g/mol. The highest BCUT2D eigenvalue weighted by atomic mass is 35.5. The SMILES string of the molecule is CC(C)=CCN([C@H]1CNC[C@@H]1N(CC=C(C)C)S(=O)(=O)c1ccccc1)S(=O)(=O)c1ccccc1.Cl. The van der Waals surface area contributed by atoms with E-state index in [9.17, 15) is 16.8 Å². The zero-order valence-electron chi connectivity index (χ0n) is 21.2. The minimum atomic E-state index is -3.88. The molecule has 10 heteroatoms. The standard InChI is InChI=1S/C26H35N3O4S2.ClH/c1-21(2)15-17-28(34(30,31)23-11-7-5-8-12-23)25-19-27-20-26(25)29(18-16-22(3)4)35(32,33)24-13-9-6-10-14-24;/h5-16,25-27H,17-20H2,1-4H3;1H/t25-,26-;/m0./s1. The van der Waals surface area contributed by atoms with Crippen LogP contribution in [0.2, 0.25) is 0 Å². The molecule has 36 heavy (non-hydrogen) atoms. The summed E-state index contributed by atoms with van der Waals surface area (Å²) in [6, 6.07) is 15.4. The van der Waals surface area contributed by atoms with Gasteiger partial charge < -0.3 is 5.32 Å². The lowest BCUT2D eigenvalue weighted by molar-refractivity contribution is 0.248. The van der Waals surface area contributed by atoms with Gasteiger partial charge in [0.15, 0.2) is 0 Å².